The second-order valence-electron chi connectivity index (χ2n) is 5.41. The van der Waals surface area contributed by atoms with Crippen molar-refractivity contribution in [3.05, 3.63) is 28.2 Å². The smallest absolute Gasteiger partial charge is 0.123 e. The Balaban J connectivity index is 1.86. The summed E-state index contributed by atoms with van der Waals surface area (Å²) in [5.74, 6) is 1.57. The number of ether oxygens (including phenoxy) is 2. The summed E-state index contributed by atoms with van der Waals surface area (Å²) in [5.41, 5.74) is 1.29. The molecule has 0 fully saturated rings. The van der Waals surface area contributed by atoms with Gasteiger partial charge in [-0.05, 0) is 29.7 Å². The van der Waals surface area contributed by atoms with Gasteiger partial charge in [-0.15, -0.1) is 0 Å². The molecule has 0 aromatic heterocycles. The van der Waals surface area contributed by atoms with Gasteiger partial charge in [0.05, 0.1) is 6.61 Å². The zero-order valence-electron chi connectivity index (χ0n) is 11.8. The maximum atomic E-state index is 5.95. The van der Waals surface area contributed by atoms with E-state index in [-0.39, 0.29) is 6.10 Å². The lowest BCUT2D eigenvalue weighted by Crippen LogP contribution is -2.42. The molecule has 0 radical (unpaired) electrons. The van der Waals surface area contributed by atoms with E-state index < -0.39 is 0 Å². The zero-order valence-corrected chi connectivity index (χ0v) is 13.4. The third-order valence-electron chi connectivity index (χ3n) is 3.52. The topological polar surface area (TPSA) is 30.5 Å². The van der Waals surface area contributed by atoms with Crippen molar-refractivity contribution in [2.45, 2.75) is 32.4 Å². The Morgan fingerprint density at radius 2 is 2.26 bits per heavy atom. The minimum Gasteiger partial charge on any atom is -0.488 e. The van der Waals surface area contributed by atoms with E-state index in [4.69, 9.17) is 9.47 Å². The van der Waals surface area contributed by atoms with E-state index in [1.807, 2.05) is 12.1 Å². The number of hydrogen-bond donors (Lipinski definition) is 1. The minimum absolute atomic E-state index is 0.224. The first-order valence-electron chi connectivity index (χ1n) is 6.77. The van der Waals surface area contributed by atoms with Crippen molar-refractivity contribution in [1.29, 1.82) is 0 Å². The van der Waals surface area contributed by atoms with Crippen LogP contribution in [-0.4, -0.2) is 32.4 Å². The monoisotopic (exact) mass is 327 g/mol. The Kier molecular flexibility index (Phi) is 5.25. The fraction of sp³-hybridized carbons (Fsp3) is 0.600. The lowest BCUT2D eigenvalue weighted by molar-refractivity contribution is 0.136. The van der Waals surface area contributed by atoms with Gasteiger partial charge in [0.2, 0.25) is 0 Å². The van der Waals surface area contributed by atoms with E-state index in [9.17, 15) is 0 Å². The average molecular weight is 328 g/mol. The molecule has 2 atom stereocenters. The SMILES string of the molecule is COCC(NCC1Cc2cc(Br)ccc2O1)C(C)C. The molecule has 106 valence electrons. The summed E-state index contributed by atoms with van der Waals surface area (Å²) in [4.78, 5) is 0. The largest absolute Gasteiger partial charge is 0.488 e. The molecule has 1 N–H and O–H groups in total. The van der Waals surface area contributed by atoms with E-state index in [0.29, 0.717) is 12.0 Å². The molecule has 0 amide bonds. The van der Waals surface area contributed by atoms with Crippen LogP contribution in [0.4, 0.5) is 0 Å². The van der Waals surface area contributed by atoms with Gasteiger partial charge >= 0.3 is 0 Å². The summed E-state index contributed by atoms with van der Waals surface area (Å²) in [6.45, 7) is 6.01. The highest BCUT2D eigenvalue weighted by Crippen LogP contribution is 2.31. The molecule has 0 aliphatic carbocycles. The molecule has 1 heterocycles. The van der Waals surface area contributed by atoms with Gasteiger partial charge in [0, 0.05) is 30.6 Å². The highest BCUT2D eigenvalue weighted by Gasteiger charge is 2.24. The summed E-state index contributed by atoms with van der Waals surface area (Å²) < 4.78 is 12.3. The van der Waals surface area contributed by atoms with Gasteiger partial charge in [-0.2, -0.15) is 0 Å². The third-order valence-corrected chi connectivity index (χ3v) is 4.02. The van der Waals surface area contributed by atoms with Crippen molar-refractivity contribution in [2.24, 2.45) is 5.92 Å². The van der Waals surface area contributed by atoms with Gasteiger partial charge in [-0.1, -0.05) is 29.8 Å². The minimum atomic E-state index is 0.224. The summed E-state index contributed by atoms with van der Waals surface area (Å²) in [7, 11) is 1.75. The fourth-order valence-electron chi connectivity index (χ4n) is 2.35. The maximum Gasteiger partial charge on any atom is 0.123 e. The van der Waals surface area contributed by atoms with Crippen molar-refractivity contribution in [3.8, 4) is 5.75 Å². The first-order valence-corrected chi connectivity index (χ1v) is 7.57. The normalized spacial score (nSPS) is 19.3. The van der Waals surface area contributed by atoms with Gasteiger partial charge in [-0.25, -0.2) is 0 Å². The van der Waals surface area contributed by atoms with Crippen LogP contribution < -0.4 is 10.1 Å². The summed E-state index contributed by atoms with van der Waals surface area (Å²) in [6.07, 6.45) is 1.20. The number of nitrogens with one attached hydrogen (secondary N) is 1. The van der Waals surface area contributed by atoms with Gasteiger partial charge in [0.1, 0.15) is 11.9 Å². The summed E-state index contributed by atoms with van der Waals surface area (Å²) >= 11 is 3.50. The van der Waals surface area contributed by atoms with E-state index in [1.54, 1.807) is 7.11 Å². The van der Waals surface area contributed by atoms with Crippen molar-refractivity contribution >= 4 is 15.9 Å². The highest BCUT2D eigenvalue weighted by molar-refractivity contribution is 9.10. The van der Waals surface area contributed by atoms with E-state index in [2.05, 4.69) is 41.2 Å². The Bertz CT molecular complexity index is 423. The number of rotatable bonds is 6. The van der Waals surface area contributed by atoms with Crippen LogP contribution in [0.5, 0.6) is 5.75 Å². The molecule has 0 bridgehead atoms. The van der Waals surface area contributed by atoms with Crippen LogP contribution in [0.3, 0.4) is 0 Å². The molecule has 4 heteroatoms. The number of benzene rings is 1. The van der Waals surface area contributed by atoms with Crippen molar-refractivity contribution in [3.63, 3.8) is 0 Å². The first-order chi connectivity index (χ1) is 9.10. The van der Waals surface area contributed by atoms with E-state index >= 15 is 0 Å². The molecule has 3 nitrogen and oxygen atoms in total. The Morgan fingerprint density at radius 1 is 1.47 bits per heavy atom. The number of methoxy groups -OCH3 is 1. The summed E-state index contributed by atoms with van der Waals surface area (Å²) in [5, 5.41) is 3.55. The molecule has 19 heavy (non-hydrogen) atoms. The molecule has 1 aromatic rings. The molecule has 1 aromatic carbocycles. The maximum absolute atomic E-state index is 5.95. The molecule has 1 aliphatic heterocycles. The van der Waals surface area contributed by atoms with Crippen LogP contribution in [0.25, 0.3) is 0 Å². The third kappa shape index (κ3) is 3.94. The van der Waals surface area contributed by atoms with E-state index in [0.717, 1.165) is 29.8 Å². The second kappa shape index (κ2) is 6.73. The molecule has 2 unspecified atom stereocenters. The molecular weight excluding hydrogens is 306 g/mol. The van der Waals surface area contributed by atoms with E-state index in [1.165, 1.54) is 5.56 Å². The lowest BCUT2D eigenvalue weighted by atomic mass is 10.0. The fourth-order valence-corrected chi connectivity index (χ4v) is 2.76. The Labute approximate surface area is 123 Å². The quantitative estimate of drug-likeness (QED) is 0.871. The van der Waals surface area contributed by atoms with Crippen LogP contribution in [0.1, 0.15) is 19.4 Å². The average Bonchev–Trinajstić information content (AvgIpc) is 2.75. The molecule has 0 saturated heterocycles. The Hall–Kier alpha value is -0.580. The van der Waals surface area contributed by atoms with Gasteiger partial charge in [0.25, 0.3) is 0 Å². The van der Waals surface area contributed by atoms with Crippen molar-refractivity contribution in [2.75, 3.05) is 20.3 Å². The van der Waals surface area contributed by atoms with Crippen LogP contribution in [0.15, 0.2) is 22.7 Å². The van der Waals surface area contributed by atoms with Crippen LogP contribution in [0, 0.1) is 5.92 Å². The van der Waals surface area contributed by atoms with Gasteiger partial charge in [-0.3, -0.25) is 0 Å². The standard InChI is InChI=1S/C15H22BrNO2/c1-10(2)14(9-18-3)17-8-13-7-11-6-12(16)4-5-15(11)19-13/h4-6,10,13-14,17H,7-9H2,1-3H3. The predicted octanol–water partition coefficient (Wildman–Crippen LogP) is 3.01. The second-order valence-corrected chi connectivity index (χ2v) is 6.33. The van der Waals surface area contributed by atoms with Gasteiger partial charge < -0.3 is 14.8 Å². The number of fused-ring (bicyclic) bond motifs is 1. The molecule has 0 spiro atoms. The predicted molar refractivity (Wildman–Crippen MR) is 80.8 cm³/mol. The zero-order chi connectivity index (χ0) is 13.8. The van der Waals surface area contributed by atoms with Gasteiger partial charge in [0.15, 0.2) is 0 Å². The lowest BCUT2D eigenvalue weighted by Gasteiger charge is -2.23. The molecule has 0 saturated carbocycles. The van der Waals surface area contributed by atoms with Crippen LogP contribution >= 0.6 is 15.9 Å². The van der Waals surface area contributed by atoms with Crippen molar-refractivity contribution < 1.29 is 9.47 Å². The molecular formula is C15H22BrNO2. The molecule has 1 aliphatic rings. The van der Waals surface area contributed by atoms with Crippen LogP contribution in [-0.2, 0) is 11.2 Å². The van der Waals surface area contributed by atoms with Crippen molar-refractivity contribution in [1.82, 2.24) is 5.32 Å². The number of hydrogen-bond acceptors (Lipinski definition) is 3. The Morgan fingerprint density at radius 3 is 2.95 bits per heavy atom. The first kappa shape index (κ1) is 14.8. The molecule has 2 rings (SSSR count). The van der Waals surface area contributed by atoms with Crippen LogP contribution in [0.2, 0.25) is 0 Å². The highest BCUT2D eigenvalue weighted by atomic mass is 79.9. The number of halogens is 1. The summed E-state index contributed by atoms with van der Waals surface area (Å²) in [6, 6.07) is 6.58.